The van der Waals surface area contributed by atoms with E-state index in [4.69, 9.17) is 10.2 Å². The molecule has 1 heterocycles. The van der Waals surface area contributed by atoms with Crippen molar-refractivity contribution in [3.8, 4) is 0 Å². The first kappa shape index (κ1) is 16.6. The molecule has 0 saturated carbocycles. The molecular formula is C11H19N3O5S. The maximum Gasteiger partial charge on any atom is 0.325 e. The number of nitrogens with zero attached hydrogens (tertiary/aromatic N) is 2. The molecule has 20 heavy (non-hydrogen) atoms. The zero-order chi connectivity index (χ0) is 15.2. The molecule has 0 aliphatic rings. The van der Waals surface area contributed by atoms with Gasteiger partial charge in [0.25, 0.3) is 0 Å². The molecule has 8 nitrogen and oxygen atoms in total. The topological polar surface area (TPSA) is 122 Å². The summed E-state index contributed by atoms with van der Waals surface area (Å²) in [5.74, 6) is -0.958. The van der Waals surface area contributed by atoms with E-state index in [1.807, 2.05) is 6.92 Å². The van der Waals surface area contributed by atoms with E-state index in [-0.39, 0.29) is 30.5 Å². The van der Waals surface area contributed by atoms with Gasteiger partial charge in [-0.1, -0.05) is 6.92 Å². The van der Waals surface area contributed by atoms with Crippen LogP contribution in [0.1, 0.15) is 19.8 Å². The quantitative estimate of drug-likeness (QED) is 0.536. The molecule has 114 valence electrons. The minimum absolute atomic E-state index is 0.0612. The molecule has 0 fully saturated rings. The lowest BCUT2D eigenvalue weighted by atomic mass is 10.1. The number of aliphatic carboxylic acids is 1. The number of rotatable bonds is 9. The Balaban J connectivity index is 2.52. The Hall–Kier alpha value is -1.45. The molecule has 1 aromatic rings. The number of aromatic nitrogens is 2. The Morgan fingerprint density at radius 1 is 1.55 bits per heavy atom. The Bertz CT molecular complexity index is 540. The molecule has 0 spiro atoms. The first-order chi connectivity index (χ1) is 9.35. The largest absolute Gasteiger partial charge is 0.480 e. The summed E-state index contributed by atoms with van der Waals surface area (Å²) in [7, 11) is -3.67. The minimum Gasteiger partial charge on any atom is -0.480 e. The summed E-state index contributed by atoms with van der Waals surface area (Å²) in [5.41, 5.74) is 0. The van der Waals surface area contributed by atoms with Gasteiger partial charge in [-0.2, -0.15) is 5.10 Å². The van der Waals surface area contributed by atoms with Crippen LogP contribution in [0.4, 0.5) is 0 Å². The Morgan fingerprint density at radius 3 is 2.85 bits per heavy atom. The Kier molecular flexibility index (Phi) is 6.11. The summed E-state index contributed by atoms with van der Waals surface area (Å²) in [5, 5.41) is 21.1. The number of carboxylic acids is 1. The number of carboxylic acid groups (broad SMARTS) is 1. The normalized spacial score (nSPS) is 13.3. The van der Waals surface area contributed by atoms with Crippen molar-refractivity contribution in [2.45, 2.75) is 31.2 Å². The number of carbonyl (C=O) groups is 1. The fourth-order valence-electron chi connectivity index (χ4n) is 1.54. The molecule has 0 saturated heterocycles. The van der Waals surface area contributed by atoms with Gasteiger partial charge in [-0.3, -0.25) is 9.48 Å². The van der Waals surface area contributed by atoms with Crippen LogP contribution in [0.15, 0.2) is 17.3 Å². The monoisotopic (exact) mass is 305 g/mol. The second-order valence-corrected chi connectivity index (χ2v) is 6.36. The zero-order valence-electron chi connectivity index (χ0n) is 11.2. The van der Waals surface area contributed by atoms with Crippen LogP contribution >= 0.6 is 0 Å². The van der Waals surface area contributed by atoms with Gasteiger partial charge in [0.15, 0.2) is 0 Å². The molecule has 0 radical (unpaired) electrons. The molecule has 3 N–H and O–H groups in total. The predicted octanol–water partition coefficient (Wildman–Crippen LogP) is -0.345. The summed E-state index contributed by atoms with van der Waals surface area (Å²) >= 11 is 0. The van der Waals surface area contributed by atoms with Crippen LogP contribution in [0.5, 0.6) is 0 Å². The smallest absolute Gasteiger partial charge is 0.325 e. The fraction of sp³-hybridized carbons (Fsp3) is 0.636. The lowest BCUT2D eigenvalue weighted by molar-refractivity contribution is -0.137. The van der Waals surface area contributed by atoms with E-state index >= 15 is 0 Å². The van der Waals surface area contributed by atoms with Crippen molar-refractivity contribution >= 4 is 16.0 Å². The van der Waals surface area contributed by atoms with Crippen molar-refractivity contribution in [2.24, 2.45) is 5.92 Å². The Morgan fingerprint density at radius 2 is 2.25 bits per heavy atom. The van der Waals surface area contributed by atoms with E-state index in [1.54, 1.807) is 0 Å². The third-order valence-corrected chi connectivity index (χ3v) is 4.11. The van der Waals surface area contributed by atoms with Gasteiger partial charge in [0.2, 0.25) is 10.0 Å². The predicted molar refractivity (Wildman–Crippen MR) is 70.5 cm³/mol. The van der Waals surface area contributed by atoms with E-state index in [2.05, 4.69) is 9.82 Å². The molecule has 0 aromatic carbocycles. The number of aliphatic hydroxyl groups excluding tert-OH is 1. The highest BCUT2D eigenvalue weighted by atomic mass is 32.2. The maximum atomic E-state index is 11.9. The molecule has 1 atom stereocenters. The van der Waals surface area contributed by atoms with E-state index in [0.29, 0.717) is 6.42 Å². The third-order valence-electron chi connectivity index (χ3n) is 2.69. The lowest BCUT2D eigenvalue weighted by Gasteiger charge is -2.08. The molecular weight excluding hydrogens is 286 g/mol. The van der Waals surface area contributed by atoms with E-state index in [9.17, 15) is 13.2 Å². The molecule has 0 amide bonds. The van der Waals surface area contributed by atoms with Crippen LogP contribution in [0.2, 0.25) is 0 Å². The summed E-state index contributed by atoms with van der Waals surface area (Å²) < 4.78 is 27.2. The van der Waals surface area contributed by atoms with Gasteiger partial charge in [0.05, 0.1) is 6.20 Å². The van der Waals surface area contributed by atoms with Gasteiger partial charge >= 0.3 is 5.97 Å². The number of sulfonamides is 1. The van der Waals surface area contributed by atoms with Gasteiger partial charge in [-0.15, -0.1) is 0 Å². The lowest BCUT2D eigenvalue weighted by Crippen LogP contribution is -2.25. The standard InChI is InChI=1S/C11H19N3O5S/c1-9(8-15)3-2-4-13-20(18,19)10-5-12-14(6-10)7-11(16)17/h5-6,9,13,15H,2-4,7-8H2,1H3,(H,16,17). The third kappa shape index (κ3) is 5.27. The average molecular weight is 305 g/mol. The number of aliphatic hydroxyl groups is 1. The van der Waals surface area contributed by atoms with Crippen LogP contribution in [-0.2, 0) is 21.4 Å². The zero-order valence-corrected chi connectivity index (χ0v) is 12.0. The second kappa shape index (κ2) is 7.36. The van der Waals surface area contributed by atoms with Crippen molar-refractivity contribution in [1.82, 2.24) is 14.5 Å². The van der Waals surface area contributed by atoms with Gasteiger partial charge in [0, 0.05) is 19.3 Å². The molecule has 1 aromatic heterocycles. The van der Waals surface area contributed by atoms with Gasteiger partial charge in [-0.25, -0.2) is 13.1 Å². The summed E-state index contributed by atoms with van der Waals surface area (Å²) in [6, 6.07) is 0. The van der Waals surface area contributed by atoms with Crippen molar-refractivity contribution in [3.63, 3.8) is 0 Å². The number of hydrogen-bond donors (Lipinski definition) is 3. The van der Waals surface area contributed by atoms with Gasteiger partial charge in [-0.05, 0) is 18.8 Å². The van der Waals surface area contributed by atoms with Crippen molar-refractivity contribution in [2.75, 3.05) is 13.2 Å². The first-order valence-corrected chi connectivity index (χ1v) is 7.68. The molecule has 1 unspecified atom stereocenters. The van der Waals surface area contributed by atoms with Crippen LogP contribution in [-0.4, -0.2) is 47.5 Å². The highest BCUT2D eigenvalue weighted by Gasteiger charge is 2.16. The summed E-state index contributed by atoms with van der Waals surface area (Å²) in [6.45, 7) is 1.83. The van der Waals surface area contributed by atoms with Crippen LogP contribution in [0.25, 0.3) is 0 Å². The van der Waals surface area contributed by atoms with E-state index in [0.717, 1.165) is 17.3 Å². The van der Waals surface area contributed by atoms with Crippen molar-refractivity contribution in [3.05, 3.63) is 12.4 Å². The fourth-order valence-corrected chi connectivity index (χ4v) is 2.57. The molecule has 0 aliphatic carbocycles. The highest BCUT2D eigenvalue weighted by molar-refractivity contribution is 7.89. The molecule has 0 bridgehead atoms. The molecule has 1 rings (SSSR count). The van der Waals surface area contributed by atoms with E-state index in [1.165, 1.54) is 6.20 Å². The number of nitrogens with one attached hydrogen (secondary N) is 1. The highest BCUT2D eigenvalue weighted by Crippen LogP contribution is 2.08. The van der Waals surface area contributed by atoms with Gasteiger partial charge in [0.1, 0.15) is 11.4 Å². The van der Waals surface area contributed by atoms with E-state index < -0.39 is 16.0 Å². The first-order valence-electron chi connectivity index (χ1n) is 6.20. The minimum atomic E-state index is -3.67. The Labute approximate surface area is 117 Å². The van der Waals surface area contributed by atoms with Gasteiger partial charge < -0.3 is 10.2 Å². The summed E-state index contributed by atoms with van der Waals surface area (Å²) in [4.78, 5) is 10.4. The molecule has 0 aliphatic heterocycles. The SMILES string of the molecule is CC(CO)CCCNS(=O)(=O)c1cnn(CC(=O)O)c1. The second-order valence-electron chi connectivity index (χ2n) is 4.60. The van der Waals surface area contributed by atoms with Crippen molar-refractivity contribution in [1.29, 1.82) is 0 Å². The van der Waals surface area contributed by atoms with Crippen LogP contribution in [0.3, 0.4) is 0 Å². The van der Waals surface area contributed by atoms with Crippen molar-refractivity contribution < 1.29 is 23.4 Å². The maximum absolute atomic E-state index is 11.9. The molecule has 9 heteroatoms. The average Bonchev–Trinajstić information content (AvgIpc) is 2.82. The number of hydrogen-bond acceptors (Lipinski definition) is 5. The van der Waals surface area contributed by atoms with Crippen LogP contribution < -0.4 is 4.72 Å². The van der Waals surface area contributed by atoms with Crippen LogP contribution in [0, 0.1) is 5.92 Å². The summed E-state index contributed by atoms with van der Waals surface area (Å²) in [6.07, 6.45) is 3.62.